The van der Waals surface area contributed by atoms with Crippen molar-refractivity contribution < 1.29 is 38.6 Å². The van der Waals surface area contributed by atoms with Crippen molar-refractivity contribution >= 4 is 29.6 Å². The number of carboxylic acids is 1. The normalized spacial score (nSPS) is 18.7. The first-order chi connectivity index (χ1) is 26.4. The maximum absolute atomic E-state index is 14.3. The van der Waals surface area contributed by atoms with E-state index in [9.17, 15) is 29.1 Å². The van der Waals surface area contributed by atoms with Crippen LogP contribution in [0.5, 0.6) is 0 Å². The number of carbonyl (C=O) groups excluding carboxylic acids is 4. The van der Waals surface area contributed by atoms with E-state index >= 15 is 0 Å². The number of nitrogens with zero attached hydrogens (tertiary/aromatic N) is 3. The molecule has 0 unspecified atom stereocenters. The Morgan fingerprint density at radius 3 is 2.12 bits per heavy atom. The molecule has 4 amide bonds. The van der Waals surface area contributed by atoms with Crippen molar-refractivity contribution in [3.63, 3.8) is 0 Å². The number of methoxy groups -OCH3 is 2. The Bertz CT molecular complexity index is 1470. The minimum atomic E-state index is -1.14. The molecule has 0 aliphatic carbocycles. The number of benzene rings is 1. The number of carboxylic acid groups (broad SMARTS) is 1. The van der Waals surface area contributed by atoms with E-state index in [1.165, 1.54) is 14.2 Å². The summed E-state index contributed by atoms with van der Waals surface area (Å²) in [6.45, 7) is 14.4. The summed E-state index contributed by atoms with van der Waals surface area (Å²) in [6.07, 6.45) is 6.72. The van der Waals surface area contributed by atoms with Gasteiger partial charge in [0.05, 0.1) is 42.7 Å². The van der Waals surface area contributed by atoms with Gasteiger partial charge in [-0.25, -0.2) is 4.79 Å². The fourth-order valence-corrected chi connectivity index (χ4v) is 8.02. The van der Waals surface area contributed by atoms with Crippen LogP contribution in [0.1, 0.15) is 86.1 Å². The molecule has 9 atom stereocenters. The summed E-state index contributed by atoms with van der Waals surface area (Å²) in [6, 6.07) is 5.72. The largest absolute Gasteiger partial charge is 0.480 e. The van der Waals surface area contributed by atoms with E-state index in [-0.39, 0.29) is 48.3 Å². The molecule has 314 valence electrons. The van der Waals surface area contributed by atoms with Gasteiger partial charge in [0.1, 0.15) is 12.1 Å². The molecule has 13 heteroatoms. The number of hydrogen-bond acceptors (Lipinski definition) is 8. The molecule has 1 aromatic rings. The van der Waals surface area contributed by atoms with Crippen LogP contribution in [0.4, 0.5) is 0 Å². The van der Waals surface area contributed by atoms with Crippen LogP contribution in [-0.4, -0.2) is 133 Å². The Morgan fingerprint density at radius 1 is 0.964 bits per heavy atom. The lowest BCUT2D eigenvalue weighted by Gasteiger charge is -2.41. The highest BCUT2D eigenvalue weighted by Crippen LogP contribution is 2.30. The molecule has 0 spiro atoms. The van der Waals surface area contributed by atoms with Crippen molar-refractivity contribution in [3.05, 3.63) is 35.9 Å². The Morgan fingerprint density at radius 2 is 1.61 bits per heavy atom. The number of likely N-dealkylation sites (tertiary alicyclic amines) is 1. The van der Waals surface area contributed by atoms with Crippen LogP contribution in [-0.2, 0) is 39.9 Å². The van der Waals surface area contributed by atoms with Crippen molar-refractivity contribution in [2.45, 2.75) is 129 Å². The Balaban J connectivity index is 2.28. The molecule has 1 heterocycles. The molecule has 1 aliphatic heterocycles. The van der Waals surface area contributed by atoms with Crippen LogP contribution < -0.4 is 10.6 Å². The lowest BCUT2D eigenvalue weighted by molar-refractivity contribution is -0.148. The number of rotatable bonds is 23. The van der Waals surface area contributed by atoms with E-state index in [0.717, 1.165) is 5.56 Å². The third kappa shape index (κ3) is 13.0. The molecule has 2 rings (SSSR count). The molecule has 1 fully saturated rings. The Hall–Kier alpha value is -3.99. The molecule has 13 nitrogen and oxygen atoms in total. The van der Waals surface area contributed by atoms with Gasteiger partial charge in [-0.15, -0.1) is 12.3 Å². The fourth-order valence-electron chi connectivity index (χ4n) is 8.02. The van der Waals surface area contributed by atoms with Crippen LogP contribution in [0.3, 0.4) is 0 Å². The quantitative estimate of drug-likeness (QED) is 0.140. The third-order valence-corrected chi connectivity index (χ3v) is 11.4. The van der Waals surface area contributed by atoms with E-state index in [1.54, 1.807) is 23.8 Å². The number of carbonyl (C=O) groups is 5. The van der Waals surface area contributed by atoms with Crippen LogP contribution in [0.25, 0.3) is 0 Å². The molecule has 0 bridgehead atoms. The SMILES string of the molecule is C#CCCN(C)[C@H](C(=O)N[C@H](C(=O)N(C)[C@@H]([C@@H](C)CC)[C@@H](CC(=O)N1CCC[C@H]1[C@H](OC)[C@@H](C)C(=O)N[C@@H](Cc1ccccc1)C(=O)O)OC)C(C)C)C(C)C. The van der Waals surface area contributed by atoms with Gasteiger partial charge in [0.25, 0.3) is 0 Å². The zero-order chi connectivity index (χ0) is 42.3. The zero-order valence-corrected chi connectivity index (χ0v) is 35.6. The maximum Gasteiger partial charge on any atom is 0.326 e. The van der Waals surface area contributed by atoms with E-state index in [1.807, 2.05) is 83.8 Å². The van der Waals surface area contributed by atoms with Gasteiger partial charge in [0.15, 0.2) is 0 Å². The monoisotopic (exact) mass is 784 g/mol. The number of terminal acetylenes is 1. The topological polar surface area (TPSA) is 158 Å². The molecular weight excluding hydrogens is 714 g/mol. The Kier molecular flexibility index (Phi) is 20.0. The second-order valence-electron chi connectivity index (χ2n) is 16.0. The molecule has 1 aliphatic rings. The molecule has 0 aromatic heterocycles. The number of amides is 4. The molecule has 0 saturated carbocycles. The molecule has 0 radical (unpaired) electrons. The van der Waals surface area contributed by atoms with E-state index in [4.69, 9.17) is 15.9 Å². The first-order valence-corrected chi connectivity index (χ1v) is 20.1. The average Bonchev–Trinajstić information content (AvgIpc) is 3.65. The standard InChI is InChI=1S/C43H69N5O8/c1-13-15-23-46(9)37(28(5)6)41(51)45-36(27(3)4)42(52)47(10)38(29(7)14-2)34(55-11)26-35(49)48-24-19-22-33(48)39(56-12)30(8)40(50)44-32(43(53)54)25-31-20-17-16-18-21-31/h1,16-18,20-21,27-30,32-34,36-39H,14-15,19,22-26H2,2-12H3,(H,44,50)(H,45,51)(H,53,54)/t29-,30+,32-,33-,34+,36-,37-,38-,39+/m0/s1. The molecule has 1 aromatic carbocycles. The smallest absolute Gasteiger partial charge is 0.326 e. The summed E-state index contributed by atoms with van der Waals surface area (Å²) in [4.78, 5) is 73.2. The zero-order valence-electron chi connectivity index (χ0n) is 35.6. The molecule has 1 saturated heterocycles. The van der Waals surface area contributed by atoms with Crippen molar-refractivity contribution in [3.8, 4) is 12.3 Å². The number of nitrogens with one attached hydrogen (secondary N) is 2. The van der Waals surface area contributed by atoms with Gasteiger partial charge in [-0.2, -0.15) is 0 Å². The van der Waals surface area contributed by atoms with Gasteiger partial charge in [-0.3, -0.25) is 24.1 Å². The number of likely N-dealkylation sites (N-methyl/N-ethyl adjacent to an activating group) is 2. The van der Waals surface area contributed by atoms with Gasteiger partial charge in [0, 0.05) is 47.2 Å². The first-order valence-electron chi connectivity index (χ1n) is 20.1. The highest BCUT2D eigenvalue weighted by atomic mass is 16.5. The van der Waals surface area contributed by atoms with E-state index in [2.05, 4.69) is 16.6 Å². The average molecular weight is 784 g/mol. The lowest BCUT2D eigenvalue weighted by atomic mass is 9.89. The van der Waals surface area contributed by atoms with Crippen LogP contribution in [0.15, 0.2) is 30.3 Å². The predicted octanol–water partition coefficient (Wildman–Crippen LogP) is 3.84. The second-order valence-corrected chi connectivity index (χ2v) is 16.0. The Labute approximate surface area is 335 Å². The summed E-state index contributed by atoms with van der Waals surface area (Å²) >= 11 is 0. The summed E-state index contributed by atoms with van der Waals surface area (Å²) in [5.74, 6) is -0.785. The summed E-state index contributed by atoms with van der Waals surface area (Å²) in [5.41, 5.74) is 0.781. The van der Waals surface area contributed by atoms with Gasteiger partial charge < -0.3 is 35.0 Å². The van der Waals surface area contributed by atoms with Crippen LogP contribution in [0, 0.1) is 36.0 Å². The third-order valence-electron chi connectivity index (χ3n) is 11.4. The van der Waals surface area contributed by atoms with E-state index < -0.39 is 60.2 Å². The van der Waals surface area contributed by atoms with Crippen molar-refractivity contribution in [1.29, 1.82) is 0 Å². The lowest BCUT2D eigenvalue weighted by Crippen LogP contribution is -2.60. The number of aliphatic carboxylic acids is 1. The second kappa shape index (κ2) is 23.3. The molecule has 56 heavy (non-hydrogen) atoms. The van der Waals surface area contributed by atoms with E-state index in [0.29, 0.717) is 38.8 Å². The van der Waals surface area contributed by atoms with Crippen molar-refractivity contribution in [1.82, 2.24) is 25.3 Å². The highest BCUT2D eigenvalue weighted by Gasteiger charge is 2.43. The minimum Gasteiger partial charge on any atom is -0.480 e. The van der Waals surface area contributed by atoms with Crippen LogP contribution in [0.2, 0.25) is 0 Å². The number of ether oxygens (including phenoxy) is 2. The van der Waals surface area contributed by atoms with Crippen molar-refractivity contribution in [2.75, 3.05) is 41.4 Å². The van der Waals surface area contributed by atoms with Gasteiger partial charge in [-0.1, -0.05) is 85.2 Å². The molecular formula is C43H69N5O8. The highest BCUT2D eigenvalue weighted by molar-refractivity contribution is 5.90. The van der Waals surface area contributed by atoms with Gasteiger partial charge >= 0.3 is 5.97 Å². The predicted molar refractivity (Wildman–Crippen MR) is 217 cm³/mol. The summed E-state index contributed by atoms with van der Waals surface area (Å²) < 4.78 is 11.9. The van der Waals surface area contributed by atoms with Crippen LogP contribution >= 0.6 is 0 Å². The van der Waals surface area contributed by atoms with Gasteiger partial charge in [-0.05, 0) is 43.2 Å². The summed E-state index contributed by atoms with van der Waals surface area (Å²) in [7, 11) is 6.59. The summed E-state index contributed by atoms with van der Waals surface area (Å²) in [5, 5.41) is 15.6. The number of hydrogen-bond donors (Lipinski definition) is 3. The molecule has 3 N–H and O–H groups in total. The minimum absolute atomic E-state index is 0.0249. The fraction of sp³-hybridized carbons (Fsp3) is 0.698. The van der Waals surface area contributed by atoms with Gasteiger partial charge in [0.2, 0.25) is 23.6 Å². The van der Waals surface area contributed by atoms with Crippen molar-refractivity contribution in [2.24, 2.45) is 23.7 Å². The first kappa shape index (κ1) is 48.2. The maximum atomic E-state index is 14.3.